The summed E-state index contributed by atoms with van der Waals surface area (Å²) in [5.74, 6) is 0.557. The van der Waals surface area contributed by atoms with Gasteiger partial charge in [-0.3, -0.25) is 4.79 Å². The molecule has 4 heteroatoms. The first-order chi connectivity index (χ1) is 10.8. The van der Waals surface area contributed by atoms with E-state index in [1.807, 2.05) is 6.92 Å². The number of hydroxylamine groups is 1. The number of benzene rings is 1. The third-order valence-corrected chi connectivity index (χ3v) is 4.93. The summed E-state index contributed by atoms with van der Waals surface area (Å²) in [6.45, 7) is 2.14. The molecule has 0 bridgehead atoms. The van der Waals surface area contributed by atoms with E-state index in [1.54, 1.807) is 7.11 Å². The molecule has 3 rings (SSSR count). The highest BCUT2D eigenvalue weighted by atomic mass is 16.8. The second-order valence-electron chi connectivity index (χ2n) is 6.28. The van der Waals surface area contributed by atoms with E-state index in [2.05, 4.69) is 18.2 Å². The van der Waals surface area contributed by atoms with Crippen LogP contribution in [-0.2, 0) is 14.4 Å². The molecule has 1 atom stereocenters. The second kappa shape index (κ2) is 6.80. The summed E-state index contributed by atoms with van der Waals surface area (Å²) < 4.78 is 4.97. The molecule has 120 valence electrons. The first kappa shape index (κ1) is 15.5. The van der Waals surface area contributed by atoms with Crippen LogP contribution in [0.1, 0.15) is 68.4 Å². The Hall–Kier alpha value is -1.39. The minimum Gasteiger partial charge on any atom is -0.356 e. The lowest BCUT2D eigenvalue weighted by Gasteiger charge is -2.23. The third kappa shape index (κ3) is 2.77. The van der Waals surface area contributed by atoms with Gasteiger partial charge in [0.1, 0.15) is 0 Å². The molecule has 1 heterocycles. The molecule has 0 N–H and O–H groups in total. The van der Waals surface area contributed by atoms with Crippen molar-refractivity contribution in [3.8, 4) is 0 Å². The fraction of sp³-hybridized carbons (Fsp3) is 0.611. The molecule has 22 heavy (non-hydrogen) atoms. The van der Waals surface area contributed by atoms with E-state index in [-0.39, 0.29) is 18.6 Å². The van der Waals surface area contributed by atoms with Gasteiger partial charge < -0.3 is 4.74 Å². The number of ether oxygens (including phenoxy) is 1. The molecule has 1 amide bonds. The number of rotatable bonds is 5. The molecule has 0 radical (unpaired) electrons. The second-order valence-corrected chi connectivity index (χ2v) is 6.28. The quantitative estimate of drug-likeness (QED) is 0.768. The Bertz CT molecular complexity index is 537. The smallest absolute Gasteiger partial charge is 0.258 e. The van der Waals surface area contributed by atoms with Crippen molar-refractivity contribution in [3.05, 3.63) is 29.3 Å². The third-order valence-electron chi connectivity index (χ3n) is 4.93. The maximum Gasteiger partial charge on any atom is 0.258 e. The van der Waals surface area contributed by atoms with E-state index in [9.17, 15) is 4.79 Å². The Balaban J connectivity index is 1.91. The summed E-state index contributed by atoms with van der Waals surface area (Å²) in [6.07, 6.45) is 7.26. The van der Waals surface area contributed by atoms with Gasteiger partial charge in [0.2, 0.25) is 0 Å². The van der Waals surface area contributed by atoms with Crippen molar-refractivity contribution < 1.29 is 14.4 Å². The van der Waals surface area contributed by atoms with Crippen LogP contribution in [0.5, 0.6) is 0 Å². The zero-order chi connectivity index (χ0) is 15.5. The Morgan fingerprint density at radius 2 is 2.00 bits per heavy atom. The van der Waals surface area contributed by atoms with Gasteiger partial charge in [-0.05, 0) is 42.4 Å². The standard InChI is InChI=1S/C18H25NO3/c1-3-15-16-10-9-14(13-7-5-4-6-8-13)11-17(16)19(18(15)20)22-12-21-2/h9-11,13,15H,3-8,12H2,1-2H3. The molecule has 1 aliphatic heterocycles. The SMILES string of the molecule is CCC1C(=O)N(OCOC)c2cc(C3CCCCC3)ccc21. The van der Waals surface area contributed by atoms with Crippen LogP contribution in [0.25, 0.3) is 0 Å². The Kier molecular flexibility index (Phi) is 4.79. The van der Waals surface area contributed by atoms with Gasteiger partial charge in [0, 0.05) is 7.11 Å². The predicted molar refractivity (Wildman–Crippen MR) is 85.7 cm³/mol. The number of hydrogen-bond donors (Lipinski definition) is 0. The maximum atomic E-state index is 12.5. The number of anilines is 1. The number of nitrogens with zero attached hydrogens (tertiary/aromatic N) is 1. The van der Waals surface area contributed by atoms with Crippen LogP contribution in [0.15, 0.2) is 18.2 Å². The van der Waals surface area contributed by atoms with Gasteiger partial charge in [-0.1, -0.05) is 38.3 Å². The molecule has 1 fully saturated rings. The number of carbonyl (C=O) groups excluding carboxylic acids is 1. The highest BCUT2D eigenvalue weighted by molar-refractivity contribution is 6.03. The van der Waals surface area contributed by atoms with Crippen molar-refractivity contribution in [1.82, 2.24) is 0 Å². The van der Waals surface area contributed by atoms with E-state index >= 15 is 0 Å². The molecule has 4 nitrogen and oxygen atoms in total. The number of hydrogen-bond acceptors (Lipinski definition) is 3. The lowest BCUT2D eigenvalue weighted by atomic mass is 9.83. The Labute approximate surface area is 132 Å². The van der Waals surface area contributed by atoms with Crippen molar-refractivity contribution in [1.29, 1.82) is 0 Å². The van der Waals surface area contributed by atoms with E-state index in [1.165, 1.54) is 42.7 Å². The number of carbonyl (C=O) groups is 1. The molecule has 1 saturated carbocycles. The molecule has 1 aromatic rings. The predicted octanol–water partition coefficient (Wildman–Crippen LogP) is 4.11. The lowest BCUT2D eigenvalue weighted by Crippen LogP contribution is -2.29. The molecule has 1 unspecified atom stereocenters. The van der Waals surface area contributed by atoms with Crippen LogP contribution >= 0.6 is 0 Å². The van der Waals surface area contributed by atoms with E-state index in [4.69, 9.17) is 9.57 Å². The van der Waals surface area contributed by atoms with Gasteiger partial charge in [-0.2, -0.15) is 5.06 Å². The van der Waals surface area contributed by atoms with Crippen LogP contribution in [0.3, 0.4) is 0 Å². The first-order valence-electron chi connectivity index (χ1n) is 8.36. The molecule has 1 aromatic carbocycles. The van der Waals surface area contributed by atoms with Crippen molar-refractivity contribution in [2.45, 2.75) is 57.3 Å². The van der Waals surface area contributed by atoms with Gasteiger partial charge >= 0.3 is 0 Å². The van der Waals surface area contributed by atoms with Gasteiger partial charge in [-0.25, -0.2) is 4.84 Å². The fourth-order valence-electron chi connectivity index (χ4n) is 3.75. The van der Waals surface area contributed by atoms with E-state index in [0.717, 1.165) is 17.7 Å². The monoisotopic (exact) mass is 303 g/mol. The molecular weight excluding hydrogens is 278 g/mol. The average molecular weight is 303 g/mol. The molecule has 0 spiro atoms. The minimum atomic E-state index is -0.0905. The topological polar surface area (TPSA) is 38.8 Å². The Morgan fingerprint density at radius 3 is 2.68 bits per heavy atom. The lowest BCUT2D eigenvalue weighted by molar-refractivity contribution is -0.132. The van der Waals surface area contributed by atoms with Gasteiger partial charge in [0.25, 0.3) is 5.91 Å². The van der Waals surface area contributed by atoms with Crippen LogP contribution in [-0.4, -0.2) is 19.8 Å². The van der Waals surface area contributed by atoms with Crippen LogP contribution in [0.2, 0.25) is 0 Å². The Morgan fingerprint density at radius 1 is 1.23 bits per heavy atom. The van der Waals surface area contributed by atoms with Gasteiger partial charge in [0.15, 0.2) is 6.79 Å². The molecular formula is C18H25NO3. The summed E-state index contributed by atoms with van der Waals surface area (Å²) in [4.78, 5) is 18.1. The summed E-state index contributed by atoms with van der Waals surface area (Å²) in [7, 11) is 1.57. The molecule has 1 aliphatic carbocycles. The average Bonchev–Trinajstić information content (AvgIpc) is 2.84. The minimum absolute atomic E-state index is 0.0235. The number of fused-ring (bicyclic) bond motifs is 1. The van der Waals surface area contributed by atoms with Crippen molar-refractivity contribution in [2.75, 3.05) is 19.0 Å². The summed E-state index contributed by atoms with van der Waals surface area (Å²) in [6, 6.07) is 6.50. The largest absolute Gasteiger partial charge is 0.356 e. The summed E-state index contributed by atoms with van der Waals surface area (Å²) >= 11 is 0. The molecule has 2 aliphatic rings. The molecule has 0 aromatic heterocycles. The highest BCUT2D eigenvalue weighted by Crippen LogP contribution is 2.42. The van der Waals surface area contributed by atoms with Crippen molar-refractivity contribution >= 4 is 11.6 Å². The van der Waals surface area contributed by atoms with Gasteiger partial charge in [0.05, 0.1) is 11.6 Å². The first-order valence-corrected chi connectivity index (χ1v) is 8.36. The summed E-state index contributed by atoms with van der Waals surface area (Å²) in [5.41, 5.74) is 3.34. The van der Waals surface area contributed by atoms with E-state index < -0.39 is 0 Å². The van der Waals surface area contributed by atoms with Crippen LogP contribution in [0.4, 0.5) is 5.69 Å². The number of methoxy groups -OCH3 is 1. The summed E-state index contributed by atoms with van der Waals surface area (Å²) in [5, 5.41) is 1.44. The van der Waals surface area contributed by atoms with Crippen molar-refractivity contribution in [3.63, 3.8) is 0 Å². The zero-order valence-corrected chi connectivity index (χ0v) is 13.5. The highest BCUT2D eigenvalue weighted by Gasteiger charge is 2.37. The normalized spacial score (nSPS) is 22.2. The van der Waals surface area contributed by atoms with Crippen LogP contribution < -0.4 is 5.06 Å². The maximum absolute atomic E-state index is 12.5. The zero-order valence-electron chi connectivity index (χ0n) is 13.5. The van der Waals surface area contributed by atoms with Crippen LogP contribution in [0, 0.1) is 0 Å². The van der Waals surface area contributed by atoms with Gasteiger partial charge in [-0.15, -0.1) is 0 Å². The van der Waals surface area contributed by atoms with Crippen molar-refractivity contribution in [2.24, 2.45) is 0 Å². The fourth-order valence-corrected chi connectivity index (χ4v) is 3.75. The molecule has 0 saturated heterocycles. The van der Waals surface area contributed by atoms with E-state index in [0.29, 0.717) is 5.92 Å². The number of amides is 1.